The number of nitrogens with zero attached hydrogens (tertiary/aromatic N) is 3. The first-order valence-corrected chi connectivity index (χ1v) is 7.00. The predicted molar refractivity (Wildman–Crippen MR) is 65.8 cm³/mol. The van der Waals surface area contributed by atoms with Crippen LogP contribution in [0.5, 0.6) is 0 Å². The van der Waals surface area contributed by atoms with Gasteiger partial charge in [0.1, 0.15) is 6.04 Å². The number of rotatable bonds is 4. The van der Waals surface area contributed by atoms with Crippen molar-refractivity contribution in [2.75, 3.05) is 11.9 Å². The summed E-state index contributed by atoms with van der Waals surface area (Å²) in [7, 11) is 0. The molecule has 0 bridgehead atoms. The first-order chi connectivity index (χ1) is 8.22. The zero-order chi connectivity index (χ0) is 12.3. The van der Waals surface area contributed by atoms with Gasteiger partial charge in [0.25, 0.3) is 0 Å². The molecule has 1 aliphatic rings. The van der Waals surface area contributed by atoms with Crippen LogP contribution < -0.4 is 0 Å². The van der Waals surface area contributed by atoms with Crippen molar-refractivity contribution < 1.29 is 9.32 Å². The minimum atomic E-state index is -0.0148. The van der Waals surface area contributed by atoms with Crippen molar-refractivity contribution in [2.45, 2.75) is 38.6 Å². The van der Waals surface area contributed by atoms with E-state index in [1.54, 1.807) is 6.92 Å². The van der Waals surface area contributed by atoms with Crippen LogP contribution in [0.15, 0.2) is 4.52 Å². The second-order valence-electron chi connectivity index (χ2n) is 4.22. The molecule has 1 saturated heterocycles. The van der Waals surface area contributed by atoms with Gasteiger partial charge in [0.2, 0.25) is 11.8 Å². The molecule has 0 N–H and O–H groups in total. The van der Waals surface area contributed by atoms with Crippen molar-refractivity contribution in [2.24, 2.45) is 0 Å². The molecule has 1 atom stereocenters. The molecule has 17 heavy (non-hydrogen) atoms. The van der Waals surface area contributed by atoms with Gasteiger partial charge in [-0.05, 0) is 26.2 Å². The van der Waals surface area contributed by atoms with Crippen molar-refractivity contribution in [1.29, 1.82) is 0 Å². The van der Waals surface area contributed by atoms with Gasteiger partial charge < -0.3 is 9.42 Å². The van der Waals surface area contributed by atoms with E-state index in [1.165, 1.54) is 0 Å². The number of carbonyl (C=O) groups excluding carboxylic acids is 1. The topological polar surface area (TPSA) is 59.2 Å². The fraction of sp³-hybridized carbons (Fsp3) is 0.727. The molecule has 1 amide bonds. The maximum absolute atomic E-state index is 12.0. The van der Waals surface area contributed by atoms with Crippen LogP contribution in [0, 0.1) is 6.92 Å². The SMILES string of the molecule is Cc1noc(C2CCCN2C(=O)CCCBr)n1. The summed E-state index contributed by atoms with van der Waals surface area (Å²) in [6.45, 7) is 2.59. The van der Waals surface area contributed by atoms with E-state index < -0.39 is 0 Å². The Morgan fingerprint density at radius 1 is 1.65 bits per heavy atom. The van der Waals surface area contributed by atoms with E-state index in [1.807, 2.05) is 4.90 Å². The van der Waals surface area contributed by atoms with E-state index in [0.717, 1.165) is 31.1 Å². The summed E-state index contributed by atoms with van der Waals surface area (Å²) in [6, 6.07) is -0.0148. The van der Waals surface area contributed by atoms with Crippen molar-refractivity contribution >= 4 is 21.8 Å². The molecule has 1 aliphatic heterocycles. The highest BCUT2D eigenvalue weighted by atomic mass is 79.9. The third-order valence-corrected chi connectivity index (χ3v) is 3.49. The van der Waals surface area contributed by atoms with Gasteiger partial charge in [-0.25, -0.2) is 0 Å². The fourth-order valence-electron chi connectivity index (χ4n) is 2.13. The Morgan fingerprint density at radius 3 is 3.12 bits per heavy atom. The molecule has 2 heterocycles. The van der Waals surface area contributed by atoms with Crippen LogP contribution in [0.3, 0.4) is 0 Å². The van der Waals surface area contributed by atoms with E-state index in [4.69, 9.17) is 4.52 Å². The van der Waals surface area contributed by atoms with Gasteiger partial charge in [0.15, 0.2) is 5.82 Å². The Bertz CT molecular complexity index is 394. The van der Waals surface area contributed by atoms with E-state index in [9.17, 15) is 4.79 Å². The van der Waals surface area contributed by atoms with E-state index in [0.29, 0.717) is 18.1 Å². The molecule has 0 aromatic carbocycles. The summed E-state index contributed by atoms with van der Waals surface area (Å²) in [5, 5.41) is 4.64. The fourth-order valence-corrected chi connectivity index (χ4v) is 2.41. The van der Waals surface area contributed by atoms with Gasteiger partial charge in [0.05, 0.1) is 0 Å². The van der Waals surface area contributed by atoms with Gasteiger partial charge in [-0.1, -0.05) is 21.1 Å². The zero-order valence-electron chi connectivity index (χ0n) is 9.86. The molecule has 6 heteroatoms. The number of hydrogen-bond acceptors (Lipinski definition) is 4. The van der Waals surface area contributed by atoms with Crippen LogP contribution in [-0.2, 0) is 4.79 Å². The molecule has 1 aromatic rings. The molecule has 2 rings (SSSR count). The largest absolute Gasteiger partial charge is 0.337 e. The number of halogens is 1. The third-order valence-electron chi connectivity index (χ3n) is 2.93. The lowest BCUT2D eigenvalue weighted by molar-refractivity contribution is -0.132. The van der Waals surface area contributed by atoms with Gasteiger partial charge >= 0.3 is 0 Å². The summed E-state index contributed by atoms with van der Waals surface area (Å²) >= 11 is 3.34. The molecule has 1 fully saturated rings. The standard InChI is InChI=1S/C11H16BrN3O2/c1-8-13-11(17-14-8)9-4-3-7-15(9)10(16)5-2-6-12/h9H,2-7H2,1H3. The maximum Gasteiger partial charge on any atom is 0.249 e. The smallest absolute Gasteiger partial charge is 0.249 e. The number of carbonyl (C=O) groups is 1. The summed E-state index contributed by atoms with van der Waals surface area (Å²) in [5.41, 5.74) is 0. The highest BCUT2D eigenvalue weighted by Crippen LogP contribution is 2.31. The van der Waals surface area contributed by atoms with Crippen LogP contribution >= 0.6 is 15.9 Å². The van der Waals surface area contributed by atoms with E-state index >= 15 is 0 Å². The quantitative estimate of drug-likeness (QED) is 0.800. The minimum Gasteiger partial charge on any atom is -0.337 e. The molecule has 0 aliphatic carbocycles. The monoisotopic (exact) mass is 301 g/mol. The Morgan fingerprint density at radius 2 is 2.47 bits per heavy atom. The number of aryl methyl sites for hydroxylation is 1. The first kappa shape index (κ1) is 12.5. The highest BCUT2D eigenvalue weighted by molar-refractivity contribution is 9.09. The van der Waals surface area contributed by atoms with E-state index in [2.05, 4.69) is 26.1 Å². The van der Waals surface area contributed by atoms with Gasteiger partial charge in [0, 0.05) is 18.3 Å². The summed E-state index contributed by atoms with van der Waals surface area (Å²) in [6.07, 6.45) is 3.37. The predicted octanol–water partition coefficient (Wildman–Crippen LogP) is 2.22. The van der Waals surface area contributed by atoms with Crippen molar-refractivity contribution in [3.8, 4) is 0 Å². The average molecular weight is 302 g/mol. The lowest BCUT2D eigenvalue weighted by Gasteiger charge is -2.21. The van der Waals surface area contributed by atoms with Crippen molar-refractivity contribution in [3.63, 3.8) is 0 Å². The average Bonchev–Trinajstić information content (AvgIpc) is 2.93. The van der Waals surface area contributed by atoms with Crippen LogP contribution in [0.4, 0.5) is 0 Å². The third kappa shape index (κ3) is 2.86. The molecule has 1 unspecified atom stereocenters. The molecule has 5 nitrogen and oxygen atoms in total. The molecular formula is C11H16BrN3O2. The van der Waals surface area contributed by atoms with Crippen LogP contribution in [0.25, 0.3) is 0 Å². The van der Waals surface area contributed by atoms with E-state index in [-0.39, 0.29) is 11.9 Å². The first-order valence-electron chi connectivity index (χ1n) is 5.88. The highest BCUT2D eigenvalue weighted by Gasteiger charge is 2.33. The summed E-state index contributed by atoms with van der Waals surface area (Å²) in [4.78, 5) is 18.1. The lowest BCUT2D eigenvalue weighted by Crippen LogP contribution is -2.30. The number of amides is 1. The lowest BCUT2D eigenvalue weighted by atomic mass is 10.2. The van der Waals surface area contributed by atoms with Crippen LogP contribution in [0.2, 0.25) is 0 Å². The molecule has 94 valence electrons. The number of likely N-dealkylation sites (tertiary alicyclic amines) is 1. The summed E-state index contributed by atoms with van der Waals surface area (Å²) in [5.74, 6) is 1.38. The van der Waals surface area contributed by atoms with Crippen molar-refractivity contribution in [1.82, 2.24) is 15.0 Å². The Labute approximate surface area is 109 Å². The molecule has 0 saturated carbocycles. The molecule has 1 aromatic heterocycles. The Hall–Kier alpha value is -0.910. The Kier molecular flexibility index (Phi) is 4.15. The van der Waals surface area contributed by atoms with Crippen molar-refractivity contribution in [3.05, 3.63) is 11.7 Å². The number of aromatic nitrogens is 2. The van der Waals surface area contributed by atoms with Crippen LogP contribution in [0.1, 0.15) is 43.4 Å². The second-order valence-corrected chi connectivity index (χ2v) is 5.01. The number of alkyl halides is 1. The van der Waals surface area contributed by atoms with Crippen LogP contribution in [-0.4, -0.2) is 32.8 Å². The normalized spacial score (nSPS) is 19.9. The Balaban J connectivity index is 2.04. The zero-order valence-corrected chi connectivity index (χ0v) is 11.4. The maximum atomic E-state index is 12.0. The molecular weight excluding hydrogens is 286 g/mol. The number of hydrogen-bond donors (Lipinski definition) is 0. The van der Waals surface area contributed by atoms with Gasteiger partial charge in [-0.2, -0.15) is 4.98 Å². The molecule has 0 radical (unpaired) electrons. The minimum absolute atomic E-state index is 0.0148. The van der Waals surface area contributed by atoms with Gasteiger partial charge in [-0.15, -0.1) is 0 Å². The summed E-state index contributed by atoms with van der Waals surface area (Å²) < 4.78 is 5.17. The van der Waals surface area contributed by atoms with Gasteiger partial charge in [-0.3, -0.25) is 4.79 Å². The second kappa shape index (κ2) is 5.62. The molecule has 0 spiro atoms.